The molecule has 2 aromatic rings. The Balaban J connectivity index is 2.07. The van der Waals surface area contributed by atoms with E-state index in [1.807, 2.05) is 25.1 Å². The van der Waals surface area contributed by atoms with E-state index in [4.69, 9.17) is 0 Å². The first kappa shape index (κ1) is 19.8. The normalized spacial score (nSPS) is 13.1. The largest absolute Gasteiger partial charge is 0.352 e. The summed E-state index contributed by atoms with van der Waals surface area (Å²) in [5.41, 5.74) is 1.26. The van der Waals surface area contributed by atoms with Crippen molar-refractivity contribution in [3.8, 4) is 0 Å². The molecule has 0 saturated heterocycles. The lowest BCUT2D eigenvalue weighted by Gasteiger charge is -2.16. The molecule has 0 aliphatic carbocycles. The van der Waals surface area contributed by atoms with Crippen molar-refractivity contribution in [3.05, 3.63) is 41.7 Å². The molecule has 0 aliphatic rings. The molecule has 1 aromatic carbocycles. The molecule has 1 unspecified atom stereocenters. The first-order valence-electron chi connectivity index (χ1n) is 8.94. The van der Waals surface area contributed by atoms with Gasteiger partial charge in [-0.25, -0.2) is 0 Å². The van der Waals surface area contributed by atoms with Crippen LogP contribution in [0.5, 0.6) is 0 Å². The Morgan fingerprint density at radius 2 is 1.81 bits per heavy atom. The first-order chi connectivity index (χ1) is 12.5. The van der Waals surface area contributed by atoms with Crippen LogP contribution in [0.1, 0.15) is 50.9 Å². The maximum Gasteiger partial charge on any atom is 0.234 e. The van der Waals surface area contributed by atoms with Gasteiger partial charge in [-0.15, -0.1) is 0 Å². The number of rotatable bonds is 9. The Morgan fingerprint density at radius 1 is 1.12 bits per heavy atom. The molecule has 7 heteroatoms. The van der Waals surface area contributed by atoms with Crippen LogP contribution in [0.2, 0.25) is 0 Å². The van der Waals surface area contributed by atoms with Gasteiger partial charge in [0.15, 0.2) is 0 Å². The van der Waals surface area contributed by atoms with Gasteiger partial charge in [-0.3, -0.25) is 14.5 Å². The zero-order valence-corrected chi connectivity index (χ0v) is 15.5. The third-order valence-corrected chi connectivity index (χ3v) is 3.98. The molecule has 6 nitrogen and oxygen atoms in total. The predicted octanol–water partition coefficient (Wildman–Crippen LogP) is 3.73. The number of nitrogens with one attached hydrogen (secondary N) is 2. The summed E-state index contributed by atoms with van der Waals surface area (Å²) < 4.78 is 13.0. The average Bonchev–Trinajstić information content (AvgIpc) is 2.66. The van der Waals surface area contributed by atoms with E-state index in [2.05, 4.69) is 37.7 Å². The Labute approximate surface area is 153 Å². The lowest BCUT2D eigenvalue weighted by molar-refractivity contribution is -0.115. The summed E-state index contributed by atoms with van der Waals surface area (Å²) in [6, 6.07) is 10.3. The van der Waals surface area contributed by atoms with E-state index in [1.165, 1.54) is 5.56 Å². The molecule has 0 aliphatic heterocycles. The second kappa shape index (κ2) is 9.79. The minimum absolute atomic E-state index is 0.112. The summed E-state index contributed by atoms with van der Waals surface area (Å²) in [6.07, 6.45) is 2.13. The number of aromatic nitrogens is 3. The van der Waals surface area contributed by atoms with E-state index in [-0.39, 0.29) is 17.9 Å². The van der Waals surface area contributed by atoms with E-state index in [0.717, 1.165) is 12.8 Å². The van der Waals surface area contributed by atoms with Gasteiger partial charge in [-0.1, -0.05) is 44.2 Å². The maximum atomic E-state index is 13.0. The Kier molecular flexibility index (Phi) is 7.44. The predicted molar refractivity (Wildman–Crippen MR) is 101 cm³/mol. The van der Waals surface area contributed by atoms with Gasteiger partial charge in [-0.2, -0.15) is 15.0 Å². The van der Waals surface area contributed by atoms with Crippen molar-refractivity contribution in [2.75, 3.05) is 17.3 Å². The van der Waals surface area contributed by atoms with E-state index >= 15 is 0 Å². The lowest BCUT2D eigenvalue weighted by Crippen LogP contribution is -2.21. The highest BCUT2D eigenvalue weighted by Crippen LogP contribution is 2.16. The van der Waals surface area contributed by atoms with Gasteiger partial charge in [0.05, 0.1) is 6.67 Å². The van der Waals surface area contributed by atoms with Crippen LogP contribution in [0.25, 0.3) is 0 Å². The van der Waals surface area contributed by atoms with Crippen LogP contribution in [-0.4, -0.2) is 33.6 Å². The van der Waals surface area contributed by atoms with Crippen LogP contribution in [-0.2, 0) is 11.2 Å². The molecule has 0 fully saturated rings. The fourth-order valence-electron chi connectivity index (χ4n) is 2.34. The van der Waals surface area contributed by atoms with Crippen molar-refractivity contribution in [1.82, 2.24) is 15.0 Å². The van der Waals surface area contributed by atoms with Gasteiger partial charge in [0.2, 0.25) is 17.8 Å². The van der Waals surface area contributed by atoms with Gasteiger partial charge >= 0.3 is 0 Å². The van der Waals surface area contributed by atoms with Crippen LogP contribution in [0.15, 0.2) is 30.3 Å². The van der Waals surface area contributed by atoms with Gasteiger partial charge in [0.25, 0.3) is 0 Å². The molecule has 1 amide bonds. The van der Waals surface area contributed by atoms with Gasteiger partial charge in [0.1, 0.15) is 5.82 Å². The molecule has 0 saturated carbocycles. The highest BCUT2D eigenvalue weighted by molar-refractivity contribution is 5.88. The molecule has 140 valence electrons. The van der Waals surface area contributed by atoms with Crippen molar-refractivity contribution in [2.24, 2.45) is 0 Å². The van der Waals surface area contributed by atoms with E-state index in [0.29, 0.717) is 18.2 Å². The monoisotopic (exact) mass is 359 g/mol. The molecule has 0 bridgehead atoms. The summed E-state index contributed by atoms with van der Waals surface area (Å²) in [5, 5.41) is 5.85. The number of benzene rings is 1. The molecule has 1 aromatic heterocycles. The second-order valence-electron chi connectivity index (χ2n) is 6.37. The molecule has 0 spiro atoms. The molecule has 1 heterocycles. The SMILES string of the molecule is CCC(=O)Nc1nc(N[C@H](C)CCc2ccccc2)nc(C(C)CF)n1. The van der Waals surface area contributed by atoms with Crippen LogP contribution in [0.3, 0.4) is 0 Å². The second-order valence-corrected chi connectivity index (χ2v) is 6.37. The van der Waals surface area contributed by atoms with Crippen molar-refractivity contribution >= 4 is 17.8 Å². The lowest BCUT2D eigenvalue weighted by atomic mass is 10.1. The molecule has 2 atom stereocenters. The van der Waals surface area contributed by atoms with Gasteiger partial charge < -0.3 is 5.32 Å². The number of aryl methyl sites for hydroxylation is 1. The van der Waals surface area contributed by atoms with Crippen LogP contribution < -0.4 is 10.6 Å². The van der Waals surface area contributed by atoms with E-state index in [1.54, 1.807) is 13.8 Å². The molecular formula is C19H26FN5O. The van der Waals surface area contributed by atoms with Crippen molar-refractivity contribution < 1.29 is 9.18 Å². The highest BCUT2D eigenvalue weighted by Gasteiger charge is 2.15. The number of carbonyl (C=O) groups excluding carboxylic acids is 1. The molecular weight excluding hydrogens is 333 g/mol. The number of halogens is 1. The number of hydrogen-bond acceptors (Lipinski definition) is 5. The van der Waals surface area contributed by atoms with Gasteiger partial charge in [-0.05, 0) is 25.3 Å². The smallest absolute Gasteiger partial charge is 0.234 e. The Morgan fingerprint density at radius 3 is 2.46 bits per heavy atom. The minimum Gasteiger partial charge on any atom is -0.352 e. The summed E-state index contributed by atoms with van der Waals surface area (Å²) in [5.74, 6) is 0.169. The highest BCUT2D eigenvalue weighted by atomic mass is 19.1. The number of hydrogen-bond donors (Lipinski definition) is 2. The van der Waals surface area contributed by atoms with E-state index in [9.17, 15) is 9.18 Å². The number of nitrogens with zero attached hydrogens (tertiary/aromatic N) is 3. The number of carbonyl (C=O) groups is 1. The first-order valence-corrected chi connectivity index (χ1v) is 8.94. The van der Waals surface area contributed by atoms with Crippen LogP contribution >= 0.6 is 0 Å². The zero-order valence-electron chi connectivity index (χ0n) is 15.5. The summed E-state index contributed by atoms with van der Waals surface area (Å²) in [7, 11) is 0. The standard InChI is InChI=1S/C19H26FN5O/c1-4-16(26)22-19-24-17(13(2)12-20)23-18(25-19)21-14(3)10-11-15-8-6-5-7-9-15/h5-9,13-14H,4,10-12H2,1-3H3,(H2,21,22,23,24,25,26)/t13?,14-/m1/s1. The fraction of sp³-hybridized carbons (Fsp3) is 0.474. The Hall–Kier alpha value is -2.57. The quantitative estimate of drug-likeness (QED) is 0.713. The Bertz CT molecular complexity index is 710. The summed E-state index contributed by atoms with van der Waals surface area (Å²) in [4.78, 5) is 24.3. The molecule has 2 N–H and O–H groups in total. The third kappa shape index (κ3) is 6.06. The number of amides is 1. The third-order valence-electron chi connectivity index (χ3n) is 3.98. The maximum absolute atomic E-state index is 13.0. The van der Waals surface area contributed by atoms with Crippen molar-refractivity contribution in [1.29, 1.82) is 0 Å². The summed E-state index contributed by atoms with van der Waals surface area (Å²) >= 11 is 0. The topological polar surface area (TPSA) is 79.8 Å². The fourth-order valence-corrected chi connectivity index (χ4v) is 2.34. The van der Waals surface area contributed by atoms with Crippen molar-refractivity contribution in [3.63, 3.8) is 0 Å². The van der Waals surface area contributed by atoms with Gasteiger partial charge in [0, 0.05) is 18.4 Å². The van der Waals surface area contributed by atoms with Crippen molar-refractivity contribution in [2.45, 2.75) is 52.0 Å². The molecule has 2 rings (SSSR count). The average molecular weight is 359 g/mol. The van der Waals surface area contributed by atoms with Crippen LogP contribution in [0.4, 0.5) is 16.3 Å². The number of alkyl halides is 1. The zero-order chi connectivity index (χ0) is 18.9. The number of anilines is 2. The molecule has 0 radical (unpaired) electrons. The minimum atomic E-state index is -0.575. The summed E-state index contributed by atoms with van der Waals surface area (Å²) in [6.45, 7) is 4.90. The molecule has 26 heavy (non-hydrogen) atoms. The van der Waals surface area contributed by atoms with E-state index < -0.39 is 12.6 Å². The van der Waals surface area contributed by atoms with Crippen LogP contribution in [0, 0.1) is 0 Å².